The Hall–Kier alpha value is -3.02. The highest BCUT2D eigenvalue weighted by molar-refractivity contribution is 6.08. The summed E-state index contributed by atoms with van der Waals surface area (Å²) in [6.07, 6.45) is 0. The lowest BCUT2D eigenvalue weighted by atomic mass is 10.1. The number of rotatable bonds is 4. The quantitative estimate of drug-likeness (QED) is 0.796. The molecule has 0 aliphatic carbocycles. The molecule has 6 heteroatoms. The number of nitrogens with one attached hydrogen (secondary N) is 1. The van der Waals surface area contributed by atoms with E-state index < -0.39 is 11.8 Å². The van der Waals surface area contributed by atoms with Crippen LogP contribution in [0.1, 0.15) is 20.7 Å². The second kappa shape index (κ2) is 5.96. The number of anilines is 1. The van der Waals surface area contributed by atoms with E-state index in [2.05, 4.69) is 5.32 Å². The monoisotopic (exact) mass is 286 g/mol. The van der Waals surface area contributed by atoms with Crippen molar-refractivity contribution in [2.24, 2.45) is 5.73 Å². The molecular formula is C15H14N2O4. The summed E-state index contributed by atoms with van der Waals surface area (Å²) in [4.78, 5) is 23.2. The molecule has 0 atom stereocenters. The minimum absolute atomic E-state index is 0.0407. The molecule has 0 radical (unpaired) electrons. The van der Waals surface area contributed by atoms with Gasteiger partial charge in [0.05, 0.1) is 7.11 Å². The zero-order chi connectivity index (χ0) is 15.4. The van der Waals surface area contributed by atoms with Crippen LogP contribution >= 0.6 is 0 Å². The fourth-order valence-corrected chi connectivity index (χ4v) is 1.83. The number of aromatic hydroxyl groups is 1. The second-order valence-electron chi connectivity index (χ2n) is 4.25. The van der Waals surface area contributed by atoms with Crippen LogP contribution in [-0.2, 0) is 0 Å². The summed E-state index contributed by atoms with van der Waals surface area (Å²) in [7, 11) is 1.41. The number of methoxy groups -OCH3 is 1. The summed E-state index contributed by atoms with van der Waals surface area (Å²) in [5.74, 6) is -0.978. The molecule has 21 heavy (non-hydrogen) atoms. The van der Waals surface area contributed by atoms with Gasteiger partial charge in [0.15, 0.2) is 0 Å². The van der Waals surface area contributed by atoms with Crippen molar-refractivity contribution in [3.8, 4) is 11.5 Å². The van der Waals surface area contributed by atoms with E-state index in [4.69, 9.17) is 10.5 Å². The molecule has 0 heterocycles. The third kappa shape index (κ3) is 3.11. The molecule has 0 aromatic heterocycles. The van der Waals surface area contributed by atoms with Crippen LogP contribution in [0.15, 0.2) is 42.5 Å². The summed E-state index contributed by atoms with van der Waals surface area (Å²) in [6.45, 7) is 0. The molecule has 6 nitrogen and oxygen atoms in total. The number of hydrogen-bond acceptors (Lipinski definition) is 4. The van der Waals surface area contributed by atoms with Crippen molar-refractivity contribution in [1.29, 1.82) is 0 Å². The summed E-state index contributed by atoms with van der Waals surface area (Å²) in [5.41, 5.74) is 5.99. The number of phenols is 1. The number of primary amides is 1. The highest BCUT2D eigenvalue weighted by Gasteiger charge is 2.17. The van der Waals surface area contributed by atoms with Crippen molar-refractivity contribution in [3.63, 3.8) is 0 Å². The second-order valence-corrected chi connectivity index (χ2v) is 4.25. The van der Waals surface area contributed by atoms with Crippen molar-refractivity contribution in [2.75, 3.05) is 12.4 Å². The molecule has 2 amide bonds. The van der Waals surface area contributed by atoms with Gasteiger partial charge in [0.25, 0.3) is 5.91 Å². The van der Waals surface area contributed by atoms with Gasteiger partial charge in [-0.25, -0.2) is 0 Å². The third-order valence-electron chi connectivity index (χ3n) is 2.88. The molecule has 0 bridgehead atoms. The van der Waals surface area contributed by atoms with Crippen molar-refractivity contribution in [1.82, 2.24) is 0 Å². The van der Waals surface area contributed by atoms with Gasteiger partial charge in [0.1, 0.15) is 17.1 Å². The maximum absolute atomic E-state index is 12.2. The van der Waals surface area contributed by atoms with E-state index in [-0.39, 0.29) is 17.1 Å². The van der Waals surface area contributed by atoms with Crippen LogP contribution in [0, 0.1) is 0 Å². The molecule has 0 fully saturated rings. The number of nitrogens with two attached hydrogens (primary N) is 1. The number of carbonyl (C=O) groups excluding carboxylic acids is 2. The SMILES string of the molecule is COc1cccc(O)c1C(=O)Nc1ccc(C(N)=O)cc1. The van der Waals surface area contributed by atoms with Crippen LogP contribution in [0.3, 0.4) is 0 Å². The first-order chi connectivity index (χ1) is 10.0. The Kier molecular flexibility index (Phi) is 4.08. The zero-order valence-corrected chi connectivity index (χ0v) is 11.3. The zero-order valence-electron chi connectivity index (χ0n) is 11.3. The van der Waals surface area contributed by atoms with Gasteiger partial charge in [-0.15, -0.1) is 0 Å². The lowest BCUT2D eigenvalue weighted by molar-refractivity contribution is 0.0997. The maximum atomic E-state index is 12.2. The average Bonchev–Trinajstić information content (AvgIpc) is 2.47. The Bertz CT molecular complexity index is 681. The van der Waals surface area contributed by atoms with E-state index in [9.17, 15) is 14.7 Å². The van der Waals surface area contributed by atoms with Crippen LogP contribution in [0.4, 0.5) is 5.69 Å². The summed E-state index contributed by atoms with van der Waals surface area (Å²) >= 11 is 0. The number of ether oxygens (including phenoxy) is 1. The molecule has 0 unspecified atom stereocenters. The lowest BCUT2D eigenvalue weighted by Crippen LogP contribution is -2.14. The van der Waals surface area contributed by atoms with E-state index in [0.717, 1.165) is 0 Å². The van der Waals surface area contributed by atoms with Gasteiger partial charge in [0.2, 0.25) is 5.91 Å². The minimum atomic E-state index is -0.546. The van der Waals surface area contributed by atoms with Crippen LogP contribution in [0.25, 0.3) is 0 Å². The largest absolute Gasteiger partial charge is 0.507 e. The van der Waals surface area contributed by atoms with Gasteiger partial charge < -0.3 is 20.9 Å². The van der Waals surface area contributed by atoms with Crippen LogP contribution in [-0.4, -0.2) is 24.0 Å². The fraction of sp³-hybridized carbons (Fsp3) is 0.0667. The molecule has 0 saturated carbocycles. The number of amides is 2. The van der Waals surface area contributed by atoms with Crippen LogP contribution in [0.5, 0.6) is 11.5 Å². The van der Waals surface area contributed by atoms with Crippen molar-refractivity contribution < 1.29 is 19.4 Å². The van der Waals surface area contributed by atoms with Gasteiger partial charge in [-0.3, -0.25) is 9.59 Å². The molecule has 0 saturated heterocycles. The Morgan fingerprint density at radius 2 is 1.81 bits per heavy atom. The van der Waals surface area contributed by atoms with Crippen molar-refractivity contribution >= 4 is 17.5 Å². The first-order valence-corrected chi connectivity index (χ1v) is 6.10. The topological polar surface area (TPSA) is 102 Å². The Morgan fingerprint density at radius 3 is 2.38 bits per heavy atom. The normalized spacial score (nSPS) is 9.95. The Balaban J connectivity index is 2.24. The minimum Gasteiger partial charge on any atom is -0.507 e. The van der Waals surface area contributed by atoms with Gasteiger partial charge in [-0.2, -0.15) is 0 Å². The van der Waals surface area contributed by atoms with E-state index in [1.807, 2.05) is 0 Å². The standard InChI is InChI=1S/C15H14N2O4/c1-21-12-4-2-3-11(18)13(12)15(20)17-10-7-5-9(6-8-10)14(16)19/h2-8,18H,1H3,(H2,16,19)(H,17,20). The number of phenolic OH excluding ortho intramolecular Hbond substituents is 1. The average molecular weight is 286 g/mol. The number of carbonyl (C=O) groups is 2. The molecule has 0 spiro atoms. The van der Waals surface area contributed by atoms with E-state index in [1.54, 1.807) is 24.3 Å². The molecule has 2 aromatic carbocycles. The Labute approximate surface area is 121 Å². The molecule has 4 N–H and O–H groups in total. The maximum Gasteiger partial charge on any atom is 0.263 e. The third-order valence-corrected chi connectivity index (χ3v) is 2.88. The Morgan fingerprint density at radius 1 is 1.14 bits per heavy atom. The van der Waals surface area contributed by atoms with E-state index in [1.165, 1.54) is 25.3 Å². The smallest absolute Gasteiger partial charge is 0.263 e. The van der Waals surface area contributed by atoms with Crippen molar-refractivity contribution in [2.45, 2.75) is 0 Å². The fourth-order valence-electron chi connectivity index (χ4n) is 1.83. The van der Waals surface area contributed by atoms with Crippen molar-refractivity contribution in [3.05, 3.63) is 53.6 Å². The summed E-state index contributed by atoms with van der Waals surface area (Å²) < 4.78 is 5.05. The predicted octanol–water partition coefficient (Wildman–Crippen LogP) is 1.75. The van der Waals surface area contributed by atoms with Gasteiger partial charge in [-0.1, -0.05) is 6.07 Å². The molecular weight excluding hydrogens is 272 g/mol. The van der Waals surface area contributed by atoms with E-state index in [0.29, 0.717) is 11.3 Å². The first kappa shape index (κ1) is 14.4. The molecule has 0 aliphatic heterocycles. The first-order valence-electron chi connectivity index (χ1n) is 6.10. The van der Waals surface area contributed by atoms with Gasteiger partial charge in [-0.05, 0) is 36.4 Å². The van der Waals surface area contributed by atoms with Crippen LogP contribution in [0.2, 0.25) is 0 Å². The highest BCUT2D eigenvalue weighted by atomic mass is 16.5. The van der Waals surface area contributed by atoms with Gasteiger partial charge in [0, 0.05) is 11.3 Å². The highest BCUT2D eigenvalue weighted by Crippen LogP contribution is 2.28. The van der Waals surface area contributed by atoms with Crippen LogP contribution < -0.4 is 15.8 Å². The molecule has 2 rings (SSSR count). The lowest BCUT2D eigenvalue weighted by Gasteiger charge is -2.11. The molecule has 2 aromatic rings. The summed E-state index contributed by atoms with van der Waals surface area (Å²) in [6, 6.07) is 10.6. The molecule has 108 valence electrons. The molecule has 0 aliphatic rings. The number of benzene rings is 2. The predicted molar refractivity (Wildman–Crippen MR) is 77.6 cm³/mol. The van der Waals surface area contributed by atoms with E-state index >= 15 is 0 Å². The summed E-state index contributed by atoms with van der Waals surface area (Å²) in [5, 5.41) is 12.4. The van der Waals surface area contributed by atoms with Gasteiger partial charge >= 0.3 is 0 Å². The number of hydrogen-bond donors (Lipinski definition) is 3.